The highest BCUT2D eigenvalue weighted by molar-refractivity contribution is 6.00. The van der Waals surface area contributed by atoms with Crippen LogP contribution >= 0.6 is 0 Å². The number of amides is 1. The number of hydrogen-bond acceptors (Lipinski definition) is 5. The molecule has 2 atom stereocenters. The van der Waals surface area contributed by atoms with E-state index in [0.717, 1.165) is 41.3 Å². The fourth-order valence-corrected chi connectivity index (χ4v) is 3.23. The van der Waals surface area contributed by atoms with Crippen molar-refractivity contribution in [3.05, 3.63) is 18.5 Å². The van der Waals surface area contributed by atoms with Gasteiger partial charge in [0, 0.05) is 17.6 Å². The molecule has 1 aliphatic rings. The summed E-state index contributed by atoms with van der Waals surface area (Å²) in [6.07, 6.45) is 5.89. The predicted octanol–water partition coefficient (Wildman–Crippen LogP) is 1.76. The summed E-state index contributed by atoms with van der Waals surface area (Å²) in [5.41, 5.74) is 2.62. The maximum atomic E-state index is 11.3. The second-order valence-electron chi connectivity index (χ2n) is 5.57. The van der Waals surface area contributed by atoms with Crippen LogP contribution in [0.2, 0.25) is 0 Å². The molecular formula is C14H16N6O2. The first-order valence-corrected chi connectivity index (χ1v) is 7.27. The van der Waals surface area contributed by atoms with Gasteiger partial charge in [-0.3, -0.25) is 0 Å². The molecule has 0 spiro atoms. The fourth-order valence-electron chi connectivity index (χ4n) is 3.23. The smallest absolute Gasteiger partial charge is 0.407 e. The lowest BCUT2D eigenvalue weighted by atomic mass is 10.2. The molecule has 0 aliphatic heterocycles. The monoisotopic (exact) mass is 300 g/mol. The highest BCUT2D eigenvalue weighted by Gasteiger charge is 2.29. The Morgan fingerprint density at radius 1 is 1.50 bits per heavy atom. The van der Waals surface area contributed by atoms with E-state index in [9.17, 15) is 4.79 Å². The van der Waals surface area contributed by atoms with E-state index >= 15 is 0 Å². The molecular weight excluding hydrogens is 284 g/mol. The van der Waals surface area contributed by atoms with Crippen molar-refractivity contribution in [1.29, 1.82) is 0 Å². The van der Waals surface area contributed by atoms with E-state index in [1.54, 1.807) is 6.20 Å². The molecule has 3 aromatic rings. The van der Waals surface area contributed by atoms with Crippen LogP contribution in [0.4, 0.5) is 4.79 Å². The molecule has 1 saturated carbocycles. The molecule has 3 aromatic heterocycles. The number of fused-ring (bicyclic) bond motifs is 3. The van der Waals surface area contributed by atoms with Gasteiger partial charge in [-0.2, -0.15) is 0 Å². The average Bonchev–Trinajstić information content (AvgIpc) is 3.24. The number of nitrogens with one attached hydrogen (secondary N) is 2. The number of methoxy groups -OCH3 is 1. The zero-order chi connectivity index (χ0) is 15.1. The van der Waals surface area contributed by atoms with Gasteiger partial charge in [-0.1, -0.05) is 5.21 Å². The number of hydrogen-bond donors (Lipinski definition) is 2. The average molecular weight is 300 g/mol. The topological polar surface area (TPSA) is 97.7 Å². The summed E-state index contributed by atoms with van der Waals surface area (Å²) in [5.74, 6) is 0. The van der Waals surface area contributed by atoms with E-state index in [1.165, 1.54) is 7.11 Å². The van der Waals surface area contributed by atoms with Crippen LogP contribution < -0.4 is 5.32 Å². The molecule has 8 nitrogen and oxygen atoms in total. The molecule has 3 heterocycles. The largest absolute Gasteiger partial charge is 0.453 e. The third-order valence-electron chi connectivity index (χ3n) is 4.27. The first-order valence-electron chi connectivity index (χ1n) is 7.27. The molecule has 0 aromatic carbocycles. The number of pyridine rings is 1. The molecule has 1 amide bonds. The van der Waals surface area contributed by atoms with Crippen LogP contribution in [0.1, 0.15) is 25.3 Å². The standard InChI is InChI=1S/C14H16N6O2/c1-22-14(21)17-8-2-3-9(6-8)20-12-10-4-5-15-13(10)16-7-11(12)18-19-20/h4-5,7-9H,2-3,6H2,1H3,(H,15,16)(H,17,21). The van der Waals surface area contributed by atoms with Crippen molar-refractivity contribution in [2.45, 2.75) is 31.3 Å². The van der Waals surface area contributed by atoms with Crippen molar-refractivity contribution < 1.29 is 9.53 Å². The number of aromatic nitrogens is 5. The third kappa shape index (κ3) is 1.99. The summed E-state index contributed by atoms with van der Waals surface area (Å²) in [6.45, 7) is 0. The molecule has 2 unspecified atom stereocenters. The van der Waals surface area contributed by atoms with Crippen molar-refractivity contribution in [2.75, 3.05) is 7.11 Å². The van der Waals surface area contributed by atoms with Gasteiger partial charge >= 0.3 is 6.09 Å². The highest BCUT2D eigenvalue weighted by atomic mass is 16.5. The van der Waals surface area contributed by atoms with Gasteiger partial charge in [0.1, 0.15) is 16.7 Å². The highest BCUT2D eigenvalue weighted by Crippen LogP contribution is 2.33. The maximum absolute atomic E-state index is 11.3. The van der Waals surface area contributed by atoms with E-state index in [2.05, 4.69) is 30.3 Å². The number of alkyl carbamates (subject to hydrolysis) is 1. The Morgan fingerprint density at radius 2 is 2.41 bits per heavy atom. The van der Waals surface area contributed by atoms with E-state index in [4.69, 9.17) is 0 Å². The van der Waals surface area contributed by atoms with Crippen molar-refractivity contribution >= 4 is 28.2 Å². The minimum atomic E-state index is -0.383. The second kappa shape index (κ2) is 4.97. The Kier molecular flexibility index (Phi) is 2.95. The Morgan fingerprint density at radius 3 is 3.27 bits per heavy atom. The molecule has 8 heteroatoms. The van der Waals surface area contributed by atoms with Gasteiger partial charge in [0.05, 0.1) is 19.3 Å². The first kappa shape index (κ1) is 13.1. The number of carbonyl (C=O) groups is 1. The van der Waals surface area contributed by atoms with Crippen LogP contribution in [0.25, 0.3) is 22.1 Å². The van der Waals surface area contributed by atoms with E-state index in [-0.39, 0.29) is 18.2 Å². The normalized spacial score (nSPS) is 21.5. The Hall–Kier alpha value is -2.64. The molecule has 0 radical (unpaired) electrons. The van der Waals surface area contributed by atoms with Crippen molar-refractivity contribution in [3.63, 3.8) is 0 Å². The fraction of sp³-hybridized carbons (Fsp3) is 0.429. The predicted molar refractivity (Wildman–Crippen MR) is 79.4 cm³/mol. The second-order valence-corrected chi connectivity index (χ2v) is 5.57. The summed E-state index contributed by atoms with van der Waals surface area (Å²) in [5, 5.41) is 12.4. The van der Waals surface area contributed by atoms with Gasteiger partial charge in [-0.15, -0.1) is 5.10 Å². The molecule has 22 heavy (non-hydrogen) atoms. The van der Waals surface area contributed by atoms with Crippen molar-refractivity contribution in [3.8, 4) is 0 Å². The van der Waals surface area contributed by atoms with Gasteiger partial charge in [-0.25, -0.2) is 14.5 Å². The molecule has 0 saturated heterocycles. The number of ether oxygens (including phenoxy) is 1. The maximum Gasteiger partial charge on any atom is 0.407 e. The van der Waals surface area contributed by atoms with Crippen LogP contribution in [0.15, 0.2) is 18.5 Å². The van der Waals surface area contributed by atoms with Crippen LogP contribution in [0.5, 0.6) is 0 Å². The molecule has 1 fully saturated rings. The van der Waals surface area contributed by atoms with Crippen LogP contribution in [0, 0.1) is 0 Å². The van der Waals surface area contributed by atoms with Gasteiger partial charge in [0.25, 0.3) is 0 Å². The van der Waals surface area contributed by atoms with Crippen molar-refractivity contribution in [1.82, 2.24) is 30.3 Å². The lowest BCUT2D eigenvalue weighted by Gasteiger charge is -2.13. The molecule has 0 bridgehead atoms. The summed E-state index contributed by atoms with van der Waals surface area (Å²) in [4.78, 5) is 18.8. The van der Waals surface area contributed by atoms with Gasteiger partial charge in [0.15, 0.2) is 0 Å². The van der Waals surface area contributed by atoms with Gasteiger partial charge in [-0.05, 0) is 25.3 Å². The molecule has 4 rings (SSSR count). The number of rotatable bonds is 2. The molecule has 2 N–H and O–H groups in total. The zero-order valence-corrected chi connectivity index (χ0v) is 12.1. The quantitative estimate of drug-likeness (QED) is 0.751. The van der Waals surface area contributed by atoms with Crippen LogP contribution in [-0.2, 0) is 4.74 Å². The van der Waals surface area contributed by atoms with E-state index in [0.29, 0.717) is 0 Å². The summed E-state index contributed by atoms with van der Waals surface area (Å²) >= 11 is 0. The lowest BCUT2D eigenvalue weighted by molar-refractivity contribution is 0.166. The number of H-pyrrole nitrogens is 1. The first-order chi connectivity index (χ1) is 10.8. The van der Waals surface area contributed by atoms with Gasteiger partial charge < -0.3 is 15.0 Å². The minimum Gasteiger partial charge on any atom is -0.453 e. The van der Waals surface area contributed by atoms with Crippen molar-refractivity contribution in [2.24, 2.45) is 0 Å². The number of nitrogens with zero attached hydrogens (tertiary/aromatic N) is 4. The number of aromatic amines is 1. The molecule has 114 valence electrons. The van der Waals surface area contributed by atoms with E-state index < -0.39 is 0 Å². The summed E-state index contributed by atoms with van der Waals surface area (Å²) in [7, 11) is 1.38. The Bertz CT molecular complexity index is 838. The van der Waals surface area contributed by atoms with Gasteiger partial charge in [0.2, 0.25) is 0 Å². The SMILES string of the molecule is COC(=O)NC1CCC(n2nnc3cnc4[nH]ccc4c32)C1. The Labute approximate surface area is 125 Å². The lowest BCUT2D eigenvalue weighted by Crippen LogP contribution is -2.32. The summed E-state index contributed by atoms with van der Waals surface area (Å²) < 4.78 is 6.62. The zero-order valence-electron chi connectivity index (χ0n) is 12.1. The minimum absolute atomic E-state index is 0.111. The van der Waals surface area contributed by atoms with E-state index in [1.807, 2.05) is 16.9 Å². The Balaban J connectivity index is 1.67. The number of carbonyl (C=O) groups excluding carboxylic acids is 1. The molecule has 1 aliphatic carbocycles. The van der Waals surface area contributed by atoms with Crippen LogP contribution in [-0.4, -0.2) is 44.2 Å². The summed E-state index contributed by atoms with van der Waals surface area (Å²) in [6, 6.07) is 2.32. The third-order valence-corrected chi connectivity index (χ3v) is 4.27. The van der Waals surface area contributed by atoms with Crippen LogP contribution in [0.3, 0.4) is 0 Å².